The lowest BCUT2D eigenvalue weighted by molar-refractivity contribution is -0.137. The van der Waals surface area contributed by atoms with Crippen LogP contribution in [0.4, 0.5) is 13.2 Å². The Morgan fingerprint density at radius 3 is 2.38 bits per heavy atom. The zero-order valence-corrected chi connectivity index (χ0v) is 16.3. The molecule has 0 aliphatic carbocycles. The Morgan fingerprint density at radius 2 is 1.81 bits per heavy atom. The van der Waals surface area contributed by atoms with Gasteiger partial charge in [-0.25, -0.2) is 12.7 Å². The molecule has 1 fully saturated rings. The van der Waals surface area contributed by atoms with Gasteiger partial charge in [-0.3, -0.25) is 0 Å². The molecule has 1 aliphatic rings. The van der Waals surface area contributed by atoms with Crippen LogP contribution >= 0.6 is 11.6 Å². The number of benzene rings is 1. The largest absolute Gasteiger partial charge is 0.416 e. The second-order valence-electron chi connectivity index (χ2n) is 6.47. The zero-order chi connectivity index (χ0) is 19.5. The van der Waals surface area contributed by atoms with Gasteiger partial charge in [-0.2, -0.15) is 13.2 Å². The molecule has 0 bridgehead atoms. The van der Waals surface area contributed by atoms with Gasteiger partial charge in [0.1, 0.15) is 4.90 Å². The molecule has 0 atom stereocenters. The second-order valence-corrected chi connectivity index (χ2v) is 8.89. The van der Waals surface area contributed by atoms with Crippen LogP contribution < -0.4 is 0 Å². The van der Waals surface area contributed by atoms with Gasteiger partial charge in [0.25, 0.3) is 0 Å². The summed E-state index contributed by atoms with van der Waals surface area (Å²) in [6, 6.07) is 2.33. The molecule has 0 amide bonds. The smallest absolute Gasteiger partial charge is 0.304 e. The molecule has 0 spiro atoms. The summed E-state index contributed by atoms with van der Waals surface area (Å²) in [5.41, 5.74) is -1.04. The number of nitrogens with zero attached hydrogens (tertiary/aromatic N) is 3. The van der Waals surface area contributed by atoms with Crippen LogP contribution in [-0.2, 0) is 16.2 Å². The molecule has 1 aromatic rings. The predicted octanol–water partition coefficient (Wildman–Crippen LogP) is 2.62. The predicted molar refractivity (Wildman–Crippen MR) is 94.8 cm³/mol. The maximum atomic E-state index is 12.9. The van der Waals surface area contributed by atoms with Crippen LogP contribution in [0.3, 0.4) is 0 Å². The van der Waals surface area contributed by atoms with Crippen LogP contribution in [0.1, 0.15) is 12.0 Å². The van der Waals surface area contributed by atoms with Crippen molar-refractivity contribution in [3.63, 3.8) is 0 Å². The highest BCUT2D eigenvalue weighted by Gasteiger charge is 2.33. The molecule has 10 heteroatoms. The number of likely N-dealkylation sites (N-methyl/N-ethyl adjacent to an activating group) is 1. The minimum Gasteiger partial charge on any atom is -0.304 e. The van der Waals surface area contributed by atoms with Crippen molar-refractivity contribution in [2.45, 2.75) is 17.5 Å². The van der Waals surface area contributed by atoms with Gasteiger partial charge in [-0.15, -0.1) is 0 Å². The Morgan fingerprint density at radius 1 is 1.19 bits per heavy atom. The Bertz CT molecular complexity index is 720. The van der Waals surface area contributed by atoms with Gasteiger partial charge in [0.2, 0.25) is 10.0 Å². The molecule has 0 unspecified atom stereocenters. The molecular formula is C16H23ClF3N3O2S. The highest BCUT2D eigenvalue weighted by molar-refractivity contribution is 7.89. The molecule has 148 valence electrons. The Labute approximate surface area is 157 Å². The molecule has 0 N–H and O–H groups in total. The van der Waals surface area contributed by atoms with Crippen LogP contribution in [0.2, 0.25) is 5.02 Å². The Balaban J connectivity index is 2.02. The fourth-order valence-corrected chi connectivity index (χ4v) is 4.46. The quantitative estimate of drug-likeness (QED) is 0.719. The molecule has 1 saturated heterocycles. The van der Waals surface area contributed by atoms with E-state index in [0.717, 1.165) is 49.2 Å². The van der Waals surface area contributed by atoms with Crippen LogP contribution in [0.15, 0.2) is 23.1 Å². The fraction of sp³-hybridized carbons (Fsp3) is 0.625. The van der Waals surface area contributed by atoms with E-state index < -0.39 is 26.7 Å². The zero-order valence-electron chi connectivity index (χ0n) is 14.8. The van der Waals surface area contributed by atoms with Crippen molar-refractivity contribution in [1.29, 1.82) is 0 Å². The summed E-state index contributed by atoms with van der Waals surface area (Å²) in [7, 11) is -0.680. The standard InChI is InChI=1S/C16H23ClF3N3O2S/c1-21-8-10-23(11-9-21)7-3-6-22(2)26(24,25)15-12-13(16(18,19)20)4-5-14(15)17/h4-5,12H,3,6-11H2,1-2H3. The van der Waals surface area contributed by atoms with Crippen LogP contribution in [0, 0.1) is 0 Å². The third kappa shape index (κ3) is 5.32. The van der Waals surface area contributed by atoms with Crippen molar-refractivity contribution >= 4 is 21.6 Å². The number of alkyl halides is 3. The first-order chi connectivity index (χ1) is 12.0. The van der Waals surface area contributed by atoms with Crippen molar-refractivity contribution < 1.29 is 21.6 Å². The number of hydrogen-bond donors (Lipinski definition) is 0. The van der Waals surface area contributed by atoms with Gasteiger partial charge in [0, 0.05) is 39.8 Å². The number of piperazine rings is 1. The van der Waals surface area contributed by atoms with Gasteiger partial charge in [-0.1, -0.05) is 11.6 Å². The number of hydrogen-bond acceptors (Lipinski definition) is 4. The number of rotatable bonds is 6. The van der Waals surface area contributed by atoms with Crippen molar-refractivity contribution in [2.75, 3.05) is 53.4 Å². The minimum atomic E-state index is -4.63. The maximum absolute atomic E-state index is 12.9. The van der Waals surface area contributed by atoms with E-state index in [0.29, 0.717) is 12.5 Å². The van der Waals surface area contributed by atoms with Gasteiger partial charge >= 0.3 is 6.18 Å². The van der Waals surface area contributed by atoms with Gasteiger partial charge < -0.3 is 9.80 Å². The summed E-state index contributed by atoms with van der Waals surface area (Å²) in [6.45, 7) is 4.73. The SMILES string of the molecule is CN1CCN(CCCN(C)S(=O)(=O)c2cc(C(F)(F)F)ccc2Cl)CC1. The second kappa shape index (κ2) is 8.43. The van der Waals surface area contributed by atoms with E-state index in [-0.39, 0.29) is 11.6 Å². The van der Waals surface area contributed by atoms with Crippen LogP contribution in [-0.4, -0.2) is 75.9 Å². The molecule has 5 nitrogen and oxygen atoms in total. The van der Waals surface area contributed by atoms with E-state index in [2.05, 4.69) is 16.8 Å². The summed E-state index contributed by atoms with van der Waals surface area (Å²) in [6.07, 6.45) is -4.04. The first-order valence-corrected chi connectivity index (χ1v) is 10.1. The summed E-state index contributed by atoms with van der Waals surface area (Å²) in [5.74, 6) is 0. The maximum Gasteiger partial charge on any atom is 0.416 e. The van der Waals surface area contributed by atoms with Gasteiger partial charge in [0.15, 0.2) is 0 Å². The first kappa shape index (κ1) is 21.4. The highest BCUT2D eigenvalue weighted by atomic mass is 35.5. The lowest BCUT2D eigenvalue weighted by Crippen LogP contribution is -2.45. The van der Waals surface area contributed by atoms with E-state index >= 15 is 0 Å². The third-order valence-corrected chi connectivity index (χ3v) is 6.83. The van der Waals surface area contributed by atoms with Crippen molar-refractivity contribution in [2.24, 2.45) is 0 Å². The molecule has 0 radical (unpaired) electrons. The fourth-order valence-electron chi connectivity index (χ4n) is 2.75. The normalized spacial score (nSPS) is 17.8. The molecular weight excluding hydrogens is 391 g/mol. The van der Waals surface area contributed by atoms with E-state index in [9.17, 15) is 21.6 Å². The third-order valence-electron chi connectivity index (χ3n) is 4.49. The number of halogens is 4. The first-order valence-electron chi connectivity index (χ1n) is 8.26. The lowest BCUT2D eigenvalue weighted by Gasteiger charge is -2.32. The van der Waals surface area contributed by atoms with E-state index in [1.54, 1.807) is 0 Å². The van der Waals surface area contributed by atoms with Crippen molar-refractivity contribution in [3.8, 4) is 0 Å². The topological polar surface area (TPSA) is 43.9 Å². The highest BCUT2D eigenvalue weighted by Crippen LogP contribution is 2.34. The summed E-state index contributed by atoms with van der Waals surface area (Å²) in [5, 5.41) is -0.219. The Kier molecular flexibility index (Phi) is 6.95. The molecule has 0 aromatic heterocycles. The van der Waals surface area contributed by atoms with Crippen LogP contribution in [0.5, 0.6) is 0 Å². The van der Waals surface area contributed by atoms with Crippen molar-refractivity contribution in [1.82, 2.24) is 14.1 Å². The van der Waals surface area contributed by atoms with E-state index in [4.69, 9.17) is 11.6 Å². The van der Waals surface area contributed by atoms with Crippen molar-refractivity contribution in [3.05, 3.63) is 28.8 Å². The summed E-state index contributed by atoms with van der Waals surface area (Å²) in [4.78, 5) is 3.96. The molecule has 1 aromatic carbocycles. The monoisotopic (exact) mass is 413 g/mol. The summed E-state index contributed by atoms with van der Waals surface area (Å²) < 4.78 is 64.9. The average Bonchev–Trinajstić information content (AvgIpc) is 2.55. The Hall–Kier alpha value is -0.870. The minimum absolute atomic E-state index is 0.210. The lowest BCUT2D eigenvalue weighted by atomic mass is 10.2. The molecule has 2 rings (SSSR count). The molecule has 1 heterocycles. The van der Waals surface area contributed by atoms with Gasteiger partial charge in [-0.05, 0) is 38.2 Å². The van der Waals surface area contributed by atoms with Gasteiger partial charge in [0.05, 0.1) is 10.6 Å². The molecule has 1 aliphatic heterocycles. The molecule has 26 heavy (non-hydrogen) atoms. The summed E-state index contributed by atoms with van der Waals surface area (Å²) >= 11 is 5.86. The van der Waals surface area contributed by atoms with Crippen LogP contribution in [0.25, 0.3) is 0 Å². The average molecular weight is 414 g/mol. The van der Waals surface area contributed by atoms with E-state index in [1.807, 2.05) is 0 Å². The molecule has 0 saturated carbocycles. The number of sulfonamides is 1. The van der Waals surface area contributed by atoms with E-state index in [1.165, 1.54) is 7.05 Å².